The molecular weight excluding hydrogens is 290 g/mol. The molecule has 0 heterocycles. The average molecular weight is 330 g/mol. The molecule has 0 saturated heterocycles. The van der Waals surface area contributed by atoms with Gasteiger partial charge in [-0.05, 0) is 37.8 Å². The minimum atomic E-state index is 0.659. The molecule has 0 aliphatic heterocycles. The minimum absolute atomic E-state index is 0.659. The molecule has 2 atom stereocenters. The quantitative estimate of drug-likeness (QED) is 0.350. The average Bonchev–Trinajstić information content (AvgIpc) is 2.60. The molecule has 0 bridgehead atoms. The molecule has 0 aliphatic rings. The summed E-state index contributed by atoms with van der Waals surface area (Å²) in [6, 6.07) is 10.2. The summed E-state index contributed by atoms with van der Waals surface area (Å²) in [5, 5.41) is 0. The monoisotopic (exact) mass is 329 g/mol. The summed E-state index contributed by atoms with van der Waals surface area (Å²) in [6.07, 6.45) is 12.6. The van der Waals surface area contributed by atoms with E-state index in [4.69, 9.17) is 0 Å². The SMILES string of the molecule is C=Cc1ccc(CN(C(C)CCCCC)C(C)CCCCC)cc1. The molecular formula is C23H39N. The van der Waals surface area contributed by atoms with E-state index in [0.717, 1.165) is 6.54 Å². The number of benzene rings is 1. The predicted octanol–water partition coefficient (Wildman–Crippen LogP) is 7.07. The Hall–Kier alpha value is -1.08. The predicted molar refractivity (Wildman–Crippen MR) is 109 cm³/mol. The van der Waals surface area contributed by atoms with E-state index in [9.17, 15) is 0 Å². The van der Waals surface area contributed by atoms with Crippen LogP contribution in [0.4, 0.5) is 0 Å². The van der Waals surface area contributed by atoms with Crippen molar-refractivity contribution < 1.29 is 0 Å². The fourth-order valence-electron chi connectivity index (χ4n) is 3.43. The van der Waals surface area contributed by atoms with Crippen LogP contribution in [0.1, 0.15) is 90.2 Å². The third-order valence-corrected chi connectivity index (χ3v) is 5.16. The van der Waals surface area contributed by atoms with E-state index in [1.807, 2.05) is 6.08 Å². The van der Waals surface area contributed by atoms with Crippen LogP contribution >= 0.6 is 0 Å². The highest BCUT2D eigenvalue weighted by molar-refractivity contribution is 5.47. The maximum absolute atomic E-state index is 3.85. The van der Waals surface area contributed by atoms with Gasteiger partial charge in [0.15, 0.2) is 0 Å². The maximum Gasteiger partial charge on any atom is 0.0239 e. The third-order valence-electron chi connectivity index (χ3n) is 5.16. The first kappa shape index (κ1) is 21.0. The van der Waals surface area contributed by atoms with Crippen LogP contribution in [-0.4, -0.2) is 17.0 Å². The Balaban J connectivity index is 2.71. The van der Waals surface area contributed by atoms with Crippen molar-refractivity contribution in [3.05, 3.63) is 42.0 Å². The maximum atomic E-state index is 3.85. The van der Waals surface area contributed by atoms with Gasteiger partial charge in [0, 0.05) is 18.6 Å². The van der Waals surface area contributed by atoms with Crippen molar-refractivity contribution in [2.24, 2.45) is 0 Å². The Labute approximate surface area is 151 Å². The molecule has 0 radical (unpaired) electrons. The van der Waals surface area contributed by atoms with Gasteiger partial charge in [-0.2, -0.15) is 0 Å². The molecule has 1 heteroatoms. The van der Waals surface area contributed by atoms with Crippen molar-refractivity contribution >= 4 is 6.08 Å². The number of rotatable bonds is 13. The zero-order chi connectivity index (χ0) is 17.8. The van der Waals surface area contributed by atoms with E-state index in [0.29, 0.717) is 12.1 Å². The summed E-state index contributed by atoms with van der Waals surface area (Å²) in [5.41, 5.74) is 2.63. The molecule has 1 aromatic rings. The van der Waals surface area contributed by atoms with Gasteiger partial charge in [-0.25, -0.2) is 0 Å². The van der Waals surface area contributed by atoms with Crippen LogP contribution < -0.4 is 0 Å². The van der Waals surface area contributed by atoms with Gasteiger partial charge in [0.25, 0.3) is 0 Å². The van der Waals surface area contributed by atoms with Gasteiger partial charge in [0.2, 0.25) is 0 Å². The van der Waals surface area contributed by atoms with E-state index in [-0.39, 0.29) is 0 Å². The van der Waals surface area contributed by atoms with E-state index < -0.39 is 0 Å². The largest absolute Gasteiger partial charge is 0.294 e. The van der Waals surface area contributed by atoms with Gasteiger partial charge in [-0.3, -0.25) is 4.90 Å². The molecule has 1 aromatic carbocycles. The van der Waals surface area contributed by atoms with Crippen LogP contribution in [0, 0.1) is 0 Å². The van der Waals surface area contributed by atoms with E-state index in [1.165, 1.54) is 62.5 Å². The van der Waals surface area contributed by atoms with E-state index >= 15 is 0 Å². The van der Waals surface area contributed by atoms with E-state index in [1.54, 1.807) is 0 Å². The smallest absolute Gasteiger partial charge is 0.0239 e. The highest BCUT2D eigenvalue weighted by Gasteiger charge is 2.20. The summed E-state index contributed by atoms with van der Waals surface area (Å²) in [5.74, 6) is 0. The van der Waals surface area contributed by atoms with Crippen LogP contribution in [0.2, 0.25) is 0 Å². The zero-order valence-electron chi connectivity index (χ0n) is 16.6. The first-order valence-electron chi connectivity index (χ1n) is 10.1. The molecule has 136 valence electrons. The molecule has 2 unspecified atom stereocenters. The first-order valence-corrected chi connectivity index (χ1v) is 10.1. The van der Waals surface area contributed by atoms with Crippen molar-refractivity contribution in [1.82, 2.24) is 4.90 Å². The fraction of sp³-hybridized carbons (Fsp3) is 0.652. The Morgan fingerprint density at radius 3 is 1.79 bits per heavy atom. The van der Waals surface area contributed by atoms with Crippen molar-refractivity contribution in [3.8, 4) is 0 Å². The molecule has 0 fully saturated rings. The topological polar surface area (TPSA) is 3.24 Å². The lowest BCUT2D eigenvalue weighted by Gasteiger charge is -2.35. The lowest BCUT2D eigenvalue weighted by atomic mass is 10.0. The molecule has 0 amide bonds. The minimum Gasteiger partial charge on any atom is -0.294 e. The molecule has 24 heavy (non-hydrogen) atoms. The van der Waals surface area contributed by atoms with Crippen molar-refractivity contribution in [1.29, 1.82) is 0 Å². The van der Waals surface area contributed by atoms with Gasteiger partial charge in [0.05, 0.1) is 0 Å². The van der Waals surface area contributed by atoms with Crippen LogP contribution in [0.25, 0.3) is 6.08 Å². The number of hydrogen-bond donors (Lipinski definition) is 0. The normalized spacial score (nSPS) is 13.9. The lowest BCUT2D eigenvalue weighted by Crippen LogP contribution is -2.39. The molecule has 0 N–H and O–H groups in total. The highest BCUT2D eigenvalue weighted by atomic mass is 15.2. The second-order valence-electron chi connectivity index (χ2n) is 7.31. The second-order valence-corrected chi connectivity index (χ2v) is 7.31. The number of hydrogen-bond acceptors (Lipinski definition) is 1. The van der Waals surface area contributed by atoms with Crippen LogP contribution in [0.15, 0.2) is 30.8 Å². The molecule has 0 aromatic heterocycles. The Morgan fingerprint density at radius 1 is 0.875 bits per heavy atom. The Kier molecular flexibility index (Phi) is 10.7. The van der Waals surface area contributed by atoms with Gasteiger partial charge in [-0.1, -0.05) is 89.3 Å². The van der Waals surface area contributed by atoms with Crippen LogP contribution in [-0.2, 0) is 6.54 Å². The molecule has 0 saturated carbocycles. The summed E-state index contributed by atoms with van der Waals surface area (Å²) in [7, 11) is 0. The van der Waals surface area contributed by atoms with E-state index in [2.05, 4.69) is 63.4 Å². The molecule has 1 rings (SSSR count). The standard InChI is InChI=1S/C23H39N/c1-6-9-11-13-20(4)24(21(5)14-12-10-7-2)19-23-17-15-22(8-3)16-18-23/h8,15-18,20-21H,3,6-7,9-14,19H2,1-2,4-5H3. The summed E-state index contributed by atoms with van der Waals surface area (Å²) in [6.45, 7) is 14.3. The fourth-order valence-corrected chi connectivity index (χ4v) is 3.43. The van der Waals surface area contributed by atoms with Crippen LogP contribution in [0.3, 0.4) is 0 Å². The van der Waals surface area contributed by atoms with Gasteiger partial charge in [-0.15, -0.1) is 0 Å². The van der Waals surface area contributed by atoms with Crippen molar-refractivity contribution in [2.75, 3.05) is 0 Å². The van der Waals surface area contributed by atoms with Gasteiger partial charge in [0.1, 0.15) is 0 Å². The second kappa shape index (κ2) is 12.3. The van der Waals surface area contributed by atoms with Gasteiger partial charge < -0.3 is 0 Å². The van der Waals surface area contributed by atoms with Gasteiger partial charge >= 0.3 is 0 Å². The molecule has 1 nitrogen and oxygen atoms in total. The van der Waals surface area contributed by atoms with Crippen LogP contribution in [0.5, 0.6) is 0 Å². The number of nitrogens with zero attached hydrogens (tertiary/aromatic N) is 1. The van der Waals surface area contributed by atoms with Crippen molar-refractivity contribution in [2.45, 2.75) is 97.7 Å². The lowest BCUT2D eigenvalue weighted by molar-refractivity contribution is 0.126. The highest BCUT2D eigenvalue weighted by Crippen LogP contribution is 2.20. The third kappa shape index (κ3) is 7.66. The number of unbranched alkanes of at least 4 members (excludes halogenated alkanes) is 4. The first-order chi connectivity index (χ1) is 11.6. The Morgan fingerprint density at radius 2 is 1.38 bits per heavy atom. The summed E-state index contributed by atoms with van der Waals surface area (Å²) < 4.78 is 0. The molecule has 0 aliphatic carbocycles. The molecule has 0 spiro atoms. The summed E-state index contributed by atoms with van der Waals surface area (Å²) >= 11 is 0. The zero-order valence-corrected chi connectivity index (χ0v) is 16.6. The Bertz CT molecular complexity index is 418. The van der Waals surface area contributed by atoms with Crippen molar-refractivity contribution in [3.63, 3.8) is 0 Å². The summed E-state index contributed by atoms with van der Waals surface area (Å²) in [4.78, 5) is 2.73.